The number of carbonyl (C=O) groups excluding carboxylic acids is 1. The van der Waals surface area contributed by atoms with Gasteiger partial charge in [0, 0.05) is 11.1 Å². The fourth-order valence-corrected chi connectivity index (χ4v) is 5.49. The molecule has 0 saturated heterocycles. The van der Waals surface area contributed by atoms with Crippen molar-refractivity contribution in [2.75, 3.05) is 13.7 Å². The highest BCUT2D eigenvalue weighted by atomic mass is 32.1. The first-order valence-electron chi connectivity index (χ1n) is 12.2. The van der Waals surface area contributed by atoms with E-state index in [4.69, 9.17) is 15.2 Å². The second kappa shape index (κ2) is 11.0. The van der Waals surface area contributed by atoms with E-state index in [1.54, 1.807) is 13.8 Å². The molecule has 2 atom stereocenters. The van der Waals surface area contributed by atoms with Gasteiger partial charge in [0.25, 0.3) is 5.56 Å². The van der Waals surface area contributed by atoms with Gasteiger partial charge in [-0.3, -0.25) is 14.2 Å². The Kier molecular flexibility index (Phi) is 7.90. The second-order valence-electron chi connectivity index (χ2n) is 9.73. The third-order valence-corrected chi connectivity index (χ3v) is 7.89. The highest BCUT2D eigenvalue weighted by Crippen LogP contribution is 2.34. The molecule has 2 N–H and O–H groups in total. The number of nitriles is 1. The number of aryl methyl sites for hydroxylation is 1. The highest BCUT2D eigenvalue weighted by molar-refractivity contribution is 7.21. The molecule has 40 heavy (non-hydrogen) atoms. The van der Waals surface area contributed by atoms with Gasteiger partial charge in [0.2, 0.25) is 5.91 Å². The number of fused-ring (bicyclic) bond motifs is 1. The van der Waals surface area contributed by atoms with Crippen LogP contribution in [-0.2, 0) is 21.6 Å². The van der Waals surface area contributed by atoms with Crippen LogP contribution in [0.25, 0.3) is 15.2 Å². The van der Waals surface area contributed by atoms with E-state index in [0.717, 1.165) is 15.9 Å². The van der Waals surface area contributed by atoms with Crippen LogP contribution in [0.2, 0.25) is 0 Å². The molecule has 14 heteroatoms. The number of primary amides is 1. The highest BCUT2D eigenvalue weighted by Gasteiger charge is 2.35. The third-order valence-electron chi connectivity index (χ3n) is 6.60. The predicted octanol–water partition coefficient (Wildman–Crippen LogP) is 2.40. The largest absolute Gasteiger partial charge is 0.496 e. The van der Waals surface area contributed by atoms with Crippen molar-refractivity contribution in [1.29, 1.82) is 5.26 Å². The van der Waals surface area contributed by atoms with Gasteiger partial charge in [-0.2, -0.15) is 15.5 Å². The average Bonchev–Trinajstić information content (AvgIpc) is 3.56. The van der Waals surface area contributed by atoms with E-state index < -0.39 is 40.5 Å². The molecule has 3 heterocycles. The van der Waals surface area contributed by atoms with Crippen molar-refractivity contribution in [1.82, 2.24) is 24.1 Å². The molecule has 210 valence electrons. The van der Waals surface area contributed by atoms with Crippen LogP contribution in [0.3, 0.4) is 0 Å². The SMILES string of the molecule is COc1ccc(F)cc1[C@H](Cn1c(=O)n(C(C)(C)C(N)=O)c(=O)c2c(C)c(-n3nccn3)sc21)OC[C@@H](C)C#N. The Morgan fingerprint density at radius 3 is 2.55 bits per heavy atom. The van der Waals surface area contributed by atoms with Crippen molar-refractivity contribution in [3.05, 3.63) is 68.4 Å². The topological polar surface area (TPSA) is 160 Å². The molecular formula is C26H28FN7O5S. The Morgan fingerprint density at radius 1 is 1.27 bits per heavy atom. The number of amides is 1. The molecule has 0 aliphatic heterocycles. The number of aromatic nitrogens is 5. The summed E-state index contributed by atoms with van der Waals surface area (Å²) >= 11 is 1.10. The summed E-state index contributed by atoms with van der Waals surface area (Å²) in [4.78, 5) is 41.8. The van der Waals surface area contributed by atoms with Crippen molar-refractivity contribution in [2.45, 2.75) is 45.9 Å². The summed E-state index contributed by atoms with van der Waals surface area (Å²) in [6.45, 7) is 5.86. The Hall–Kier alpha value is -4.35. The number of nitrogens with zero attached hydrogens (tertiary/aromatic N) is 6. The molecule has 0 radical (unpaired) electrons. The van der Waals surface area contributed by atoms with Crippen LogP contribution in [0.4, 0.5) is 4.39 Å². The minimum atomic E-state index is -1.69. The summed E-state index contributed by atoms with van der Waals surface area (Å²) < 4.78 is 28.0. The van der Waals surface area contributed by atoms with Crippen molar-refractivity contribution >= 4 is 27.5 Å². The Morgan fingerprint density at radius 2 is 1.95 bits per heavy atom. The number of benzene rings is 1. The number of halogens is 1. The number of rotatable bonds is 10. The zero-order valence-electron chi connectivity index (χ0n) is 22.5. The lowest BCUT2D eigenvalue weighted by Gasteiger charge is -2.26. The van der Waals surface area contributed by atoms with Gasteiger partial charge < -0.3 is 15.2 Å². The number of thiophene rings is 1. The summed E-state index contributed by atoms with van der Waals surface area (Å²) in [5.74, 6) is -1.66. The van der Waals surface area contributed by atoms with Crippen molar-refractivity contribution in [2.24, 2.45) is 11.7 Å². The second-order valence-corrected chi connectivity index (χ2v) is 10.7. The van der Waals surface area contributed by atoms with Gasteiger partial charge in [0.15, 0.2) is 0 Å². The Bertz CT molecular complexity index is 1730. The number of ether oxygens (including phenoxy) is 2. The molecule has 12 nitrogen and oxygen atoms in total. The lowest BCUT2D eigenvalue weighted by atomic mass is 10.0. The summed E-state index contributed by atoms with van der Waals surface area (Å²) in [6.07, 6.45) is 1.96. The molecule has 1 aromatic carbocycles. The lowest BCUT2D eigenvalue weighted by Crippen LogP contribution is -2.54. The van der Waals surface area contributed by atoms with Crippen LogP contribution >= 0.6 is 11.3 Å². The molecule has 0 unspecified atom stereocenters. The zero-order chi connectivity index (χ0) is 29.4. The van der Waals surface area contributed by atoms with Crippen LogP contribution in [-0.4, -0.2) is 43.8 Å². The minimum Gasteiger partial charge on any atom is -0.496 e. The molecule has 0 fully saturated rings. The third kappa shape index (κ3) is 5.01. The van der Waals surface area contributed by atoms with E-state index in [-0.39, 0.29) is 23.4 Å². The van der Waals surface area contributed by atoms with Gasteiger partial charge >= 0.3 is 5.69 Å². The summed E-state index contributed by atoms with van der Waals surface area (Å²) in [7, 11) is 1.41. The van der Waals surface area contributed by atoms with Gasteiger partial charge in [0.05, 0.1) is 50.0 Å². The van der Waals surface area contributed by atoms with Gasteiger partial charge in [0.1, 0.15) is 33.0 Å². The first-order chi connectivity index (χ1) is 18.9. The zero-order valence-corrected chi connectivity index (χ0v) is 23.4. The number of hydrogen-bond donors (Lipinski definition) is 1. The monoisotopic (exact) mass is 569 g/mol. The molecule has 4 aromatic rings. The number of hydrogen-bond acceptors (Lipinski definition) is 9. The van der Waals surface area contributed by atoms with Crippen molar-refractivity contribution in [3.63, 3.8) is 0 Å². The van der Waals surface area contributed by atoms with Gasteiger partial charge in [-0.15, -0.1) is 4.80 Å². The van der Waals surface area contributed by atoms with Crippen molar-refractivity contribution in [3.8, 4) is 16.8 Å². The van der Waals surface area contributed by atoms with Crippen LogP contribution in [0, 0.1) is 30.0 Å². The molecule has 4 rings (SSSR count). The lowest BCUT2D eigenvalue weighted by molar-refractivity contribution is -0.125. The molecular weight excluding hydrogens is 541 g/mol. The fourth-order valence-electron chi connectivity index (χ4n) is 4.27. The smallest absolute Gasteiger partial charge is 0.333 e. The van der Waals surface area contributed by atoms with E-state index in [1.165, 1.54) is 60.9 Å². The van der Waals surface area contributed by atoms with Crippen molar-refractivity contribution < 1.29 is 18.7 Å². The summed E-state index contributed by atoms with van der Waals surface area (Å²) in [6, 6.07) is 5.97. The van der Waals surface area contributed by atoms with Gasteiger partial charge in [-0.25, -0.2) is 13.8 Å². The molecule has 0 bridgehead atoms. The van der Waals surface area contributed by atoms with Crippen LogP contribution in [0.15, 0.2) is 40.2 Å². The van der Waals surface area contributed by atoms with Crippen LogP contribution < -0.4 is 21.7 Å². The number of carbonyl (C=O) groups is 1. The number of methoxy groups -OCH3 is 1. The molecule has 1 amide bonds. The van der Waals surface area contributed by atoms with E-state index in [2.05, 4.69) is 16.3 Å². The van der Waals surface area contributed by atoms with Crippen LogP contribution in [0.5, 0.6) is 5.75 Å². The fraction of sp³-hybridized carbons (Fsp3) is 0.385. The molecule has 0 saturated carbocycles. The molecule has 0 aliphatic carbocycles. The maximum absolute atomic E-state index is 14.4. The summed E-state index contributed by atoms with van der Waals surface area (Å²) in [5.41, 5.74) is 3.19. The normalized spacial score (nSPS) is 13.2. The standard InChI is InChI=1S/C26H28FN7O5S/c1-14(11-28)13-39-19(17-10-16(27)6-7-18(17)38-5)12-32-23-20(15(2)22(40-23)34-30-8-9-31-34)21(35)33(25(32)37)26(3,4)24(29)36/h6-10,14,19H,12-13H2,1-5H3,(H2,29,36)/t14-,19-/m0/s1. The first kappa shape index (κ1) is 28.7. The Labute approximate surface area is 232 Å². The molecule has 3 aromatic heterocycles. The average molecular weight is 570 g/mol. The Balaban J connectivity index is 2.04. The van der Waals surface area contributed by atoms with Crippen LogP contribution in [0.1, 0.15) is 38.0 Å². The summed E-state index contributed by atoms with van der Waals surface area (Å²) in [5, 5.41) is 18.3. The maximum atomic E-state index is 14.4. The predicted molar refractivity (Wildman–Crippen MR) is 145 cm³/mol. The van der Waals surface area contributed by atoms with E-state index in [9.17, 15) is 24.0 Å². The van der Waals surface area contributed by atoms with E-state index in [1.807, 2.05) is 0 Å². The van der Waals surface area contributed by atoms with E-state index >= 15 is 0 Å². The minimum absolute atomic E-state index is 0.0307. The number of nitrogens with two attached hydrogens (primary N) is 1. The first-order valence-corrected chi connectivity index (χ1v) is 13.0. The van der Waals surface area contributed by atoms with Gasteiger partial charge in [-0.1, -0.05) is 11.3 Å². The maximum Gasteiger partial charge on any atom is 0.333 e. The molecule has 0 spiro atoms. The quantitative estimate of drug-likeness (QED) is 0.305. The van der Waals surface area contributed by atoms with Gasteiger partial charge in [-0.05, 0) is 45.9 Å². The molecule has 0 aliphatic rings. The van der Waals surface area contributed by atoms with E-state index in [0.29, 0.717) is 21.9 Å².